The largest absolute Gasteiger partial charge is 0.756 e. The number of likely N-dealkylation sites (N-methyl/N-ethyl adjacent to an activating group) is 1. The van der Waals surface area contributed by atoms with Gasteiger partial charge in [-0.3, -0.25) is 9.36 Å². The van der Waals surface area contributed by atoms with Crippen LogP contribution in [0.15, 0.2) is 60.9 Å². The zero-order valence-corrected chi connectivity index (χ0v) is 37.2. The first-order valence-corrected chi connectivity index (χ1v) is 23.6. The van der Waals surface area contributed by atoms with Crippen LogP contribution in [0.4, 0.5) is 0 Å². The standard InChI is InChI=1S/C46H82NO8P/c1-6-8-10-12-14-16-18-20-21-22-23-25-27-29-31-33-39-51-41-43(42-53-56(49,50)52-40-38-47(3,4)5)54-46(48)37-34-36-45-44(55-45)35-32-30-28-26-24-19-17-15-13-11-9-7-2/h15-18,24,26,30,32-33,39,43-45H,6-14,19-23,25,27-29,31,34-38,40-42H2,1-5H3/b17-15-,18-16-,26-24-,32-30-,39-33+/t43-,44?,45?/m1/s1. The van der Waals surface area contributed by atoms with Crippen LogP contribution in [0.3, 0.4) is 0 Å². The highest BCUT2D eigenvalue weighted by Crippen LogP contribution is 2.38. The van der Waals surface area contributed by atoms with E-state index < -0.39 is 19.9 Å². The number of carbonyl (C=O) groups is 1. The van der Waals surface area contributed by atoms with Crippen LogP contribution in [-0.4, -0.2) is 76.3 Å². The van der Waals surface area contributed by atoms with Crippen molar-refractivity contribution in [2.24, 2.45) is 0 Å². The van der Waals surface area contributed by atoms with Crippen LogP contribution in [0.25, 0.3) is 0 Å². The molecule has 1 heterocycles. The van der Waals surface area contributed by atoms with Gasteiger partial charge in [0.2, 0.25) is 0 Å². The third-order valence-corrected chi connectivity index (χ3v) is 10.5. The van der Waals surface area contributed by atoms with Crippen molar-refractivity contribution < 1.29 is 42.0 Å². The number of quaternary nitrogens is 1. The molecule has 0 radical (unpaired) electrons. The molecule has 1 aliphatic heterocycles. The summed E-state index contributed by atoms with van der Waals surface area (Å²) < 4.78 is 40.1. The molecule has 0 aliphatic carbocycles. The summed E-state index contributed by atoms with van der Waals surface area (Å²) in [6, 6.07) is 0. The first kappa shape index (κ1) is 52.0. The molecule has 0 spiro atoms. The van der Waals surface area contributed by atoms with Gasteiger partial charge in [-0.2, -0.15) is 0 Å². The fourth-order valence-corrected chi connectivity index (χ4v) is 6.67. The number of ether oxygens (including phenoxy) is 3. The van der Waals surface area contributed by atoms with Crippen molar-refractivity contribution in [1.29, 1.82) is 0 Å². The van der Waals surface area contributed by atoms with Crippen LogP contribution in [0.1, 0.15) is 162 Å². The smallest absolute Gasteiger partial charge is 0.306 e. The number of nitrogens with zero attached hydrogens (tertiary/aromatic N) is 1. The molecule has 4 atom stereocenters. The van der Waals surface area contributed by atoms with Gasteiger partial charge in [0.25, 0.3) is 7.82 Å². The normalized spacial score (nSPS) is 17.9. The Labute approximate surface area is 343 Å². The first-order chi connectivity index (χ1) is 27.1. The van der Waals surface area contributed by atoms with E-state index in [2.05, 4.69) is 62.5 Å². The lowest BCUT2D eigenvalue weighted by Crippen LogP contribution is -2.37. The summed E-state index contributed by atoms with van der Waals surface area (Å²) in [4.78, 5) is 25.1. The second kappa shape index (κ2) is 35.0. The average molecular weight is 808 g/mol. The Morgan fingerprint density at radius 3 is 1.86 bits per heavy atom. The first-order valence-electron chi connectivity index (χ1n) is 22.2. The fraction of sp³-hybridized carbons (Fsp3) is 0.761. The number of hydrogen-bond acceptors (Lipinski definition) is 8. The van der Waals surface area contributed by atoms with Gasteiger partial charge in [0.05, 0.1) is 46.2 Å². The number of esters is 1. The summed E-state index contributed by atoms with van der Waals surface area (Å²) >= 11 is 0. The highest BCUT2D eigenvalue weighted by atomic mass is 31.2. The number of unbranched alkanes of at least 4 members (excludes halogenated alkanes) is 14. The molecule has 1 fully saturated rings. The van der Waals surface area contributed by atoms with Crippen molar-refractivity contribution in [1.82, 2.24) is 0 Å². The molecule has 0 saturated carbocycles. The molecule has 9 nitrogen and oxygen atoms in total. The zero-order chi connectivity index (χ0) is 41.0. The van der Waals surface area contributed by atoms with Crippen molar-refractivity contribution in [2.45, 2.75) is 180 Å². The van der Waals surface area contributed by atoms with Crippen LogP contribution in [-0.2, 0) is 32.6 Å². The molecule has 1 rings (SSSR count). The summed E-state index contributed by atoms with van der Waals surface area (Å²) in [6.45, 7) is 4.59. The molecule has 0 aromatic rings. The number of rotatable bonds is 39. The van der Waals surface area contributed by atoms with E-state index in [-0.39, 0.29) is 38.4 Å². The minimum absolute atomic E-state index is 0.00123. The maximum atomic E-state index is 12.7. The Kier molecular flexibility index (Phi) is 32.5. The summed E-state index contributed by atoms with van der Waals surface area (Å²) in [5.74, 6) is -0.420. The topological polar surface area (TPSA) is 107 Å². The van der Waals surface area contributed by atoms with Gasteiger partial charge in [0.15, 0.2) is 6.10 Å². The fourth-order valence-electron chi connectivity index (χ4n) is 5.94. The molecule has 1 saturated heterocycles. The molecular formula is C46H82NO8P. The maximum absolute atomic E-state index is 12.7. The highest BCUT2D eigenvalue weighted by Gasteiger charge is 2.36. The van der Waals surface area contributed by atoms with Crippen LogP contribution in [0.5, 0.6) is 0 Å². The van der Waals surface area contributed by atoms with Gasteiger partial charge in [-0.25, -0.2) is 0 Å². The molecule has 0 aromatic carbocycles. The molecule has 10 heteroatoms. The SMILES string of the molecule is CCCCC/C=C\C/C=C\C/C=C\CC1OC1CCCC(=O)O[C@H](CO/C=C/CCCCCCCC/C=C\CCCCCC)COP(=O)([O-])OCC[N+](C)(C)C. The van der Waals surface area contributed by atoms with Crippen molar-refractivity contribution >= 4 is 13.8 Å². The second-order valence-electron chi connectivity index (χ2n) is 16.1. The lowest BCUT2D eigenvalue weighted by atomic mass is 10.1. The van der Waals surface area contributed by atoms with E-state index in [9.17, 15) is 14.3 Å². The lowest BCUT2D eigenvalue weighted by molar-refractivity contribution is -0.870. The molecule has 324 valence electrons. The number of epoxide rings is 1. The van der Waals surface area contributed by atoms with E-state index in [1.54, 1.807) is 6.26 Å². The minimum atomic E-state index is -4.57. The monoisotopic (exact) mass is 808 g/mol. The molecule has 0 bridgehead atoms. The van der Waals surface area contributed by atoms with Gasteiger partial charge in [-0.15, -0.1) is 0 Å². The lowest BCUT2D eigenvalue weighted by Gasteiger charge is -2.28. The predicted molar refractivity (Wildman–Crippen MR) is 230 cm³/mol. The number of carbonyl (C=O) groups excluding carboxylic acids is 1. The predicted octanol–water partition coefficient (Wildman–Crippen LogP) is 11.6. The van der Waals surface area contributed by atoms with E-state index in [0.717, 1.165) is 38.5 Å². The highest BCUT2D eigenvalue weighted by molar-refractivity contribution is 7.45. The van der Waals surface area contributed by atoms with Crippen LogP contribution in [0, 0.1) is 0 Å². The van der Waals surface area contributed by atoms with Crippen molar-refractivity contribution in [3.63, 3.8) is 0 Å². The van der Waals surface area contributed by atoms with E-state index in [0.29, 0.717) is 17.4 Å². The maximum Gasteiger partial charge on any atom is 0.306 e. The molecule has 0 N–H and O–H groups in total. The summed E-state index contributed by atoms with van der Waals surface area (Å²) in [6.07, 6.45) is 46.3. The summed E-state index contributed by atoms with van der Waals surface area (Å²) in [7, 11) is 1.26. The quantitative estimate of drug-likeness (QED) is 0.0115. The third-order valence-electron chi connectivity index (χ3n) is 9.53. The van der Waals surface area contributed by atoms with Crippen molar-refractivity contribution in [3.8, 4) is 0 Å². The number of phosphoric ester groups is 1. The summed E-state index contributed by atoms with van der Waals surface area (Å²) in [5.41, 5.74) is 0. The molecule has 0 amide bonds. The van der Waals surface area contributed by atoms with Gasteiger partial charge < -0.3 is 32.6 Å². The minimum Gasteiger partial charge on any atom is -0.756 e. The molecular weight excluding hydrogens is 725 g/mol. The van der Waals surface area contributed by atoms with Crippen LogP contribution in [0.2, 0.25) is 0 Å². The van der Waals surface area contributed by atoms with Crippen molar-refractivity contribution in [3.05, 3.63) is 60.9 Å². The Hall–Kier alpha value is -2.00. The number of hydrogen-bond donors (Lipinski definition) is 0. The van der Waals surface area contributed by atoms with E-state index in [4.69, 9.17) is 23.3 Å². The van der Waals surface area contributed by atoms with Gasteiger partial charge in [-0.1, -0.05) is 120 Å². The van der Waals surface area contributed by atoms with Crippen molar-refractivity contribution in [2.75, 3.05) is 47.5 Å². The van der Waals surface area contributed by atoms with E-state index in [1.165, 1.54) is 96.3 Å². The van der Waals surface area contributed by atoms with E-state index in [1.807, 2.05) is 27.2 Å². The average Bonchev–Trinajstić information content (AvgIpc) is 3.90. The molecule has 1 aliphatic rings. The Bertz CT molecular complexity index is 1140. The van der Waals surface area contributed by atoms with Gasteiger partial charge >= 0.3 is 5.97 Å². The van der Waals surface area contributed by atoms with Gasteiger partial charge in [-0.05, 0) is 89.5 Å². The number of phosphoric acid groups is 1. The third kappa shape index (κ3) is 35.2. The Balaban J connectivity index is 2.32. The van der Waals surface area contributed by atoms with Gasteiger partial charge in [0, 0.05) is 6.42 Å². The van der Waals surface area contributed by atoms with Crippen LogP contribution < -0.4 is 4.89 Å². The van der Waals surface area contributed by atoms with Crippen LogP contribution >= 0.6 is 7.82 Å². The van der Waals surface area contributed by atoms with E-state index >= 15 is 0 Å². The van der Waals surface area contributed by atoms with Gasteiger partial charge in [0.1, 0.15) is 19.8 Å². The zero-order valence-electron chi connectivity index (χ0n) is 36.3. The Morgan fingerprint density at radius 2 is 1.21 bits per heavy atom. The molecule has 56 heavy (non-hydrogen) atoms. The second-order valence-corrected chi connectivity index (χ2v) is 17.6. The summed E-state index contributed by atoms with van der Waals surface area (Å²) in [5, 5.41) is 0. The Morgan fingerprint density at radius 1 is 0.679 bits per heavy atom. The molecule has 0 aromatic heterocycles. The number of allylic oxidation sites excluding steroid dienone is 8. The molecule has 3 unspecified atom stereocenters.